The van der Waals surface area contributed by atoms with E-state index >= 15 is 0 Å². The number of carbonyl (C=O) groups excluding carboxylic acids is 2. The highest BCUT2D eigenvalue weighted by Gasteiger charge is 2.48. The Kier molecular flexibility index (Phi) is 6.13. The third kappa shape index (κ3) is 4.01. The zero-order chi connectivity index (χ0) is 24.7. The monoisotopic (exact) mass is 495 g/mol. The van der Waals surface area contributed by atoms with E-state index in [9.17, 15) is 9.59 Å². The van der Waals surface area contributed by atoms with Gasteiger partial charge < -0.3 is 24.3 Å². The summed E-state index contributed by atoms with van der Waals surface area (Å²) in [5.41, 5.74) is 1.05. The second-order valence-corrected chi connectivity index (χ2v) is 10.0. The van der Waals surface area contributed by atoms with Crippen molar-refractivity contribution in [2.24, 2.45) is 0 Å². The number of nitrogens with one attached hydrogen (secondary N) is 1. The van der Waals surface area contributed by atoms with Crippen LogP contribution in [0, 0.1) is 0 Å². The van der Waals surface area contributed by atoms with Crippen molar-refractivity contribution >= 4 is 34.3 Å². The van der Waals surface area contributed by atoms with Crippen LogP contribution in [0.4, 0.5) is 0 Å². The smallest absolute Gasteiger partial charge is 0.271 e. The van der Waals surface area contributed by atoms with Crippen molar-refractivity contribution < 1.29 is 19.1 Å². The second kappa shape index (κ2) is 9.11. The molecule has 5 rings (SSSR count). The van der Waals surface area contributed by atoms with Gasteiger partial charge in [0.2, 0.25) is 5.91 Å². The van der Waals surface area contributed by atoms with Crippen molar-refractivity contribution in [3.63, 3.8) is 0 Å². The Morgan fingerprint density at radius 2 is 1.74 bits per heavy atom. The summed E-state index contributed by atoms with van der Waals surface area (Å²) in [6.45, 7) is 2.44. The van der Waals surface area contributed by atoms with Gasteiger partial charge in [-0.3, -0.25) is 9.59 Å². The SMILES string of the molecule is COc1ccc(OC)c2c1cc1n2C[C@@](C)(C(=O)NC2CCCC2)N(Cc2ccc(Cl)cc2)C1=O. The van der Waals surface area contributed by atoms with Gasteiger partial charge in [0.05, 0.1) is 26.3 Å². The quantitative estimate of drug-likeness (QED) is 0.534. The van der Waals surface area contributed by atoms with Gasteiger partial charge >= 0.3 is 0 Å². The van der Waals surface area contributed by atoms with Gasteiger partial charge in [0.1, 0.15) is 22.7 Å². The number of carbonyl (C=O) groups is 2. The number of aromatic nitrogens is 1. The summed E-state index contributed by atoms with van der Waals surface area (Å²) < 4.78 is 13.1. The van der Waals surface area contributed by atoms with Crippen molar-refractivity contribution in [2.75, 3.05) is 14.2 Å². The highest BCUT2D eigenvalue weighted by Crippen LogP contribution is 2.40. The van der Waals surface area contributed by atoms with Crippen molar-refractivity contribution in [3.05, 3.63) is 58.7 Å². The first kappa shape index (κ1) is 23.5. The summed E-state index contributed by atoms with van der Waals surface area (Å²) in [5.74, 6) is 0.929. The Bertz CT molecular complexity index is 1280. The minimum atomic E-state index is -1.10. The van der Waals surface area contributed by atoms with Crippen LogP contribution in [-0.4, -0.2) is 47.1 Å². The van der Waals surface area contributed by atoms with Gasteiger partial charge in [0, 0.05) is 23.0 Å². The summed E-state index contributed by atoms with van der Waals surface area (Å²) in [6, 6.07) is 13.0. The molecule has 1 aliphatic heterocycles. The highest BCUT2D eigenvalue weighted by atomic mass is 35.5. The Labute approximate surface area is 209 Å². The van der Waals surface area contributed by atoms with Crippen LogP contribution >= 0.6 is 11.6 Å². The Hall–Kier alpha value is -3.19. The molecule has 1 atom stereocenters. The fourth-order valence-corrected chi connectivity index (χ4v) is 5.51. The van der Waals surface area contributed by atoms with Gasteiger partial charge in [-0.15, -0.1) is 0 Å². The summed E-state index contributed by atoms with van der Waals surface area (Å²) in [7, 11) is 3.20. The molecular formula is C27H30ClN3O4. The molecule has 2 aliphatic rings. The van der Waals surface area contributed by atoms with Crippen LogP contribution in [0.3, 0.4) is 0 Å². The number of hydrogen-bond donors (Lipinski definition) is 1. The second-order valence-electron chi connectivity index (χ2n) is 9.59. The lowest BCUT2D eigenvalue weighted by molar-refractivity contribution is -0.133. The molecule has 0 saturated heterocycles. The summed E-state index contributed by atoms with van der Waals surface area (Å²) in [6.07, 6.45) is 4.16. The lowest BCUT2D eigenvalue weighted by Crippen LogP contribution is -2.64. The maximum Gasteiger partial charge on any atom is 0.271 e. The predicted octanol–water partition coefficient (Wildman–Crippen LogP) is 4.79. The molecule has 1 aromatic heterocycles. The molecule has 2 heterocycles. The first-order valence-corrected chi connectivity index (χ1v) is 12.3. The van der Waals surface area contributed by atoms with E-state index in [1.54, 1.807) is 31.3 Å². The van der Waals surface area contributed by atoms with Crippen molar-refractivity contribution in [2.45, 2.75) is 57.3 Å². The Morgan fingerprint density at radius 1 is 1.09 bits per heavy atom. The van der Waals surface area contributed by atoms with Crippen LogP contribution in [0.15, 0.2) is 42.5 Å². The topological polar surface area (TPSA) is 72.8 Å². The minimum Gasteiger partial charge on any atom is -0.496 e. The van der Waals surface area contributed by atoms with E-state index in [2.05, 4.69) is 5.32 Å². The first-order valence-electron chi connectivity index (χ1n) is 12.0. The number of fused-ring (bicyclic) bond motifs is 3. The van der Waals surface area contributed by atoms with E-state index in [1.165, 1.54) is 0 Å². The van der Waals surface area contributed by atoms with Gasteiger partial charge in [-0.25, -0.2) is 0 Å². The first-order chi connectivity index (χ1) is 16.9. The van der Waals surface area contributed by atoms with Gasteiger partial charge in [-0.2, -0.15) is 0 Å². The average molecular weight is 496 g/mol. The lowest BCUT2D eigenvalue weighted by Gasteiger charge is -2.44. The number of ether oxygens (including phenoxy) is 2. The molecule has 8 heteroatoms. The standard InChI is InChI=1S/C27H30ClN3O4/c1-27(26(33)29-19-6-4-5-7-19)16-30-21(14-20-22(34-2)12-13-23(35-3)24(20)30)25(32)31(27)15-17-8-10-18(28)11-9-17/h8-14,19H,4-7,15-16H2,1-3H3,(H,29,33)/t27-/m0/s1. The van der Waals surface area contributed by atoms with Crippen LogP contribution < -0.4 is 14.8 Å². The zero-order valence-electron chi connectivity index (χ0n) is 20.3. The molecule has 3 aromatic rings. The molecule has 1 aliphatic carbocycles. The molecule has 1 N–H and O–H groups in total. The van der Waals surface area contributed by atoms with Crippen LogP contribution in [0.25, 0.3) is 10.9 Å². The highest BCUT2D eigenvalue weighted by molar-refractivity contribution is 6.30. The molecule has 1 fully saturated rings. The molecule has 184 valence electrons. The fraction of sp³-hybridized carbons (Fsp3) is 0.407. The van der Waals surface area contributed by atoms with Crippen molar-refractivity contribution in [3.8, 4) is 11.5 Å². The van der Waals surface area contributed by atoms with Gasteiger partial charge in [0.25, 0.3) is 5.91 Å². The van der Waals surface area contributed by atoms with Crippen LogP contribution in [0.5, 0.6) is 11.5 Å². The molecular weight excluding hydrogens is 466 g/mol. The summed E-state index contributed by atoms with van der Waals surface area (Å²) in [5, 5.41) is 4.64. The molecule has 7 nitrogen and oxygen atoms in total. The van der Waals surface area contributed by atoms with Crippen molar-refractivity contribution in [1.29, 1.82) is 0 Å². The predicted molar refractivity (Wildman–Crippen MR) is 135 cm³/mol. The van der Waals surface area contributed by atoms with Crippen LogP contribution in [0.2, 0.25) is 5.02 Å². The number of nitrogens with zero attached hydrogens (tertiary/aromatic N) is 2. The summed E-state index contributed by atoms with van der Waals surface area (Å²) >= 11 is 6.08. The third-order valence-corrected chi connectivity index (χ3v) is 7.63. The van der Waals surface area contributed by atoms with Gasteiger partial charge in [-0.05, 0) is 55.7 Å². The minimum absolute atomic E-state index is 0.138. The molecule has 2 aromatic carbocycles. The van der Waals surface area contributed by atoms with E-state index in [-0.39, 0.29) is 17.9 Å². The van der Waals surface area contributed by atoms with Gasteiger partial charge in [-0.1, -0.05) is 36.6 Å². The molecule has 2 amide bonds. The number of halogens is 1. The molecule has 0 unspecified atom stereocenters. The largest absolute Gasteiger partial charge is 0.496 e. The normalized spacial score (nSPS) is 20.2. The van der Waals surface area contributed by atoms with E-state index in [0.29, 0.717) is 35.3 Å². The molecule has 35 heavy (non-hydrogen) atoms. The molecule has 0 spiro atoms. The lowest BCUT2D eigenvalue weighted by atomic mass is 9.93. The van der Waals surface area contributed by atoms with E-state index in [0.717, 1.165) is 42.1 Å². The van der Waals surface area contributed by atoms with E-state index in [4.69, 9.17) is 21.1 Å². The van der Waals surface area contributed by atoms with E-state index < -0.39 is 5.54 Å². The number of methoxy groups -OCH3 is 2. The number of benzene rings is 2. The molecule has 1 saturated carbocycles. The fourth-order valence-electron chi connectivity index (χ4n) is 5.39. The van der Waals surface area contributed by atoms with Crippen LogP contribution in [-0.2, 0) is 17.9 Å². The Morgan fingerprint density at radius 3 is 2.40 bits per heavy atom. The molecule has 0 radical (unpaired) electrons. The third-order valence-electron chi connectivity index (χ3n) is 7.38. The van der Waals surface area contributed by atoms with Gasteiger partial charge in [0.15, 0.2) is 0 Å². The number of rotatable bonds is 6. The van der Waals surface area contributed by atoms with Crippen molar-refractivity contribution in [1.82, 2.24) is 14.8 Å². The number of hydrogen-bond acceptors (Lipinski definition) is 4. The number of amides is 2. The van der Waals surface area contributed by atoms with Crippen LogP contribution in [0.1, 0.15) is 48.7 Å². The Balaban J connectivity index is 1.63. The maximum atomic E-state index is 14.0. The summed E-state index contributed by atoms with van der Waals surface area (Å²) in [4.78, 5) is 29.5. The average Bonchev–Trinajstić information content (AvgIpc) is 3.50. The van der Waals surface area contributed by atoms with E-state index in [1.807, 2.05) is 41.8 Å². The molecule has 0 bridgehead atoms. The zero-order valence-corrected chi connectivity index (χ0v) is 21.0. The maximum absolute atomic E-state index is 14.0.